The van der Waals surface area contributed by atoms with E-state index in [1.54, 1.807) is 12.1 Å². The van der Waals surface area contributed by atoms with Gasteiger partial charge in [0.1, 0.15) is 0 Å². The average molecular weight is 316 g/mol. The molecule has 0 unspecified atom stereocenters. The molecule has 0 radical (unpaired) electrons. The number of hydrogen-bond acceptors (Lipinski definition) is 4. The van der Waals surface area contributed by atoms with Crippen molar-refractivity contribution in [1.82, 2.24) is 0 Å². The predicted octanol–water partition coefficient (Wildman–Crippen LogP) is 2.37. The van der Waals surface area contributed by atoms with Gasteiger partial charge in [-0.1, -0.05) is 17.7 Å². The summed E-state index contributed by atoms with van der Waals surface area (Å²) in [5, 5.41) is 18.0. The van der Waals surface area contributed by atoms with Crippen LogP contribution >= 0.6 is 0 Å². The van der Waals surface area contributed by atoms with Crippen molar-refractivity contribution >= 4 is 21.7 Å². The zero-order valence-electron chi connectivity index (χ0n) is 11.6. The Labute approximate surface area is 127 Å². The van der Waals surface area contributed by atoms with E-state index in [4.69, 9.17) is 10.4 Å². The molecule has 0 heterocycles. The highest BCUT2D eigenvalue weighted by atomic mass is 32.2. The Bertz CT molecular complexity index is 865. The number of carboxylic acids is 1. The summed E-state index contributed by atoms with van der Waals surface area (Å²) in [5.74, 6) is -1.29. The first kappa shape index (κ1) is 15.5. The molecule has 112 valence electrons. The minimum absolute atomic E-state index is 0.0109. The molecule has 0 aliphatic rings. The summed E-state index contributed by atoms with van der Waals surface area (Å²) in [6, 6.07) is 11.6. The minimum Gasteiger partial charge on any atom is -0.478 e. The van der Waals surface area contributed by atoms with Crippen LogP contribution in [0.2, 0.25) is 0 Å². The molecule has 7 heteroatoms. The van der Waals surface area contributed by atoms with Crippen LogP contribution in [-0.2, 0) is 10.0 Å². The summed E-state index contributed by atoms with van der Waals surface area (Å²) in [6.07, 6.45) is 0. The molecule has 22 heavy (non-hydrogen) atoms. The van der Waals surface area contributed by atoms with Crippen LogP contribution in [0.15, 0.2) is 47.4 Å². The molecule has 0 saturated heterocycles. The molecule has 2 aromatic rings. The molecule has 0 fully saturated rings. The molecule has 0 aliphatic heterocycles. The topological polar surface area (TPSA) is 107 Å². The number of hydrogen-bond donors (Lipinski definition) is 2. The van der Waals surface area contributed by atoms with Gasteiger partial charge in [-0.05, 0) is 37.3 Å². The number of carboxylic acid groups (broad SMARTS) is 1. The summed E-state index contributed by atoms with van der Waals surface area (Å²) in [5.41, 5.74) is 0.685. The fourth-order valence-corrected chi connectivity index (χ4v) is 2.88. The summed E-state index contributed by atoms with van der Waals surface area (Å²) in [6.45, 7) is 1.82. The van der Waals surface area contributed by atoms with Crippen LogP contribution in [-0.4, -0.2) is 19.5 Å². The number of aromatic carboxylic acids is 1. The molecule has 6 nitrogen and oxygen atoms in total. The highest BCUT2D eigenvalue weighted by Crippen LogP contribution is 2.22. The molecular formula is C15H12N2O4S. The maximum atomic E-state index is 12.3. The number of nitrogens with zero attached hydrogens (tertiary/aromatic N) is 1. The third-order valence-electron chi connectivity index (χ3n) is 2.95. The van der Waals surface area contributed by atoms with Crippen LogP contribution in [0.5, 0.6) is 0 Å². The van der Waals surface area contributed by atoms with Crippen molar-refractivity contribution in [2.45, 2.75) is 11.8 Å². The van der Waals surface area contributed by atoms with Crippen LogP contribution in [0.25, 0.3) is 0 Å². The lowest BCUT2D eigenvalue weighted by Gasteiger charge is -2.11. The predicted molar refractivity (Wildman–Crippen MR) is 80.1 cm³/mol. The van der Waals surface area contributed by atoms with E-state index in [2.05, 4.69) is 4.72 Å². The fraction of sp³-hybridized carbons (Fsp3) is 0.0667. The lowest BCUT2D eigenvalue weighted by Crippen LogP contribution is -2.15. The summed E-state index contributed by atoms with van der Waals surface area (Å²) >= 11 is 0. The van der Waals surface area contributed by atoms with Crippen molar-refractivity contribution in [1.29, 1.82) is 5.26 Å². The number of carbonyl (C=O) groups is 1. The van der Waals surface area contributed by atoms with Gasteiger partial charge in [0.25, 0.3) is 10.0 Å². The largest absolute Gasteiger partial charge is 0.478 e. The molecule has 0 aromatic heterocycles. The summed E-state index contributed by atoms with van der Waals surface area (Å²) in [4.78, 5) is 11.2. The Hall–Kier alpha value is -2.85. The van der Waals surface area contributed by atoms with E-state index < -0.39 is 16.0 Å². The van der Waals surface area contributed by atoms with E-state index >= 15 is 0 Å². The zero-order valence-corrected chi connectivity index (χ0v) is 12.4. The smallest absolute Gasteiger partial charge is 0.337 e. The van der Waals surface area contributed by atoms with Crippen molar-refractivity contribution in [3.05, 3.63) is 59.2 Å². The molecule has 0 amide bonds. The van der Waals surface area contributed by atoms with Crippen LogP contribution in [0.4, 0.5) is 5.69 Å². The summed E-state index contributed by atoms with van der Waals surface area (Å²) < 4.78 is 26.8. The standard InChI is InChI=1S/C15H12N2O4S/c1-10-2-5-12(6-3-10)22(20,21)17-14-8-11(9-16)4-7-13(14)15(18)19/h2-8,17H,1H3,(H,18,19). The van der Waals surface area contributed by atoms with Gasteiger partial charge in [0.15, 0.2) is 0 Å². The molecule has 0 bridgehead atoms. The molecule has 0 spiro atoms. The van der Waals surface area contributed by atoms with E-state index in [-0.39, 0.29) is 21.7 Å². The second-order valence-corrected chi connectivity index (χ2v) is 6.28. The first-order chi connectivity index (χ1) is 10.3. The molecule has 0 atom stereocenters. The van der Waals surface area contributed by atoms with Crippen molar-refractivity contribution in [2.75, 3.05) is 4.72 Å². The van der Waals surface area contributed by atoms with Gasteiger partial charge in [-0.3, -0.25) is 4.72 Å². The van der Waals surface area contributed by atoms with Gasteiger partial charge in [-0.25, -0.2) is 13.2 Å². The van der Waals surface area contributed by atoms with E-state index in [0.717, 1.165) is 5.56 Å². The normalized spacial score (nSPS) is 10.7. The maximum absolute atomic E-state index is 12.3. The molecular weight excluding hydrogens is 304 g/mol. The Morgan fingerprint density at radius 1 is 1.18 bits per heavy atom. The lowest BCUT2D eigenvalue weighted by molar-refractivity contribution is 0.0698. The number of nitriles is 1. The second-order valence-electron chi connectivity index (χ2n) is 4.60. The van der Waals surface area contributed by atoms with Crippen molar-refractivity contribution in [3.63, 3.8) is 0 Å². The summed E-state index contributed by atoms with van der Waals surface area (Å²) in [7, 11) is -3.93. The minimum atomic E-state index is -3.93. The Balaban J connectivity index is 2.47. The van der Waals surface area contributed by atoms with Gasteiger partial charge in [0.2, 0.25) is 0 Å². The average Bonchev–Trinajstić information content (AvgIpc) is 2.46. The number of anilines is 1. The van der Waals surface area contributed by atoms with Crippen LogP contribution in [0.1, 0.15) is 21.5 Å². The number of sulfonamides is 1. The first-order valence-corrected chi connectivity index (χ1v) is 7.69. The highest BCUT2D eigenvalue weighted by molar-refractivity contribution is 7.92. The first-order valence-electron chi connectivity index (χ1n) is 6.20. The SMILES string of the molecule is Cc1ccc(S(=O)(=O)Nc2cc(C#N)ccc2C(=O)O)cc1. The van der Waals surface area contributed by atoms with Crippen LogP contribution in [0, 0.1) is 18.3 Å². The van der Waals surface area contributed by atoms with Gasteiger partial charge in [-0.15, -0.1) is 0 Å². The quantitative estimate of drug-likeness (QED) is 0.900. The number of nitrogens with one attached hydrogen (secondary N) is 1. The van der Waals surface area contributed by atoms with E-state index in [1.165, 1.54) is 30.3 Å². The van der Waals surface area contributed by atoms with Crippen molar-refractivity contribution < 1.29 is 18.3 Å². The maximum Gasteiger partial charge on any atom is 0.337 e. The van der Waals surface area contributed by atoms with Gasteiger partial charge < -0.3 is 5.11 Å². The van der Waals surface area contributed by atoms with Gasteiger partial charge in [-0.2, -0.15) is 5.26 Å². The second kappa shape index (κ2) is 5.87. The van der Waals surface area contributed by atoms with Gasteiger partial charge >= 0.3 is 5.97 Å². The number of aryl methyl sites for hydroxylation is 1. The van der Waals surface area contributed by atoms with Gasteiger partial charge in [0.05, 0.1) is 27.8 Å². The van der Waals surface area contributed by atoms with E-state index in [1.807, 2.05) is 13.0 Å². The van der Waals surface area contributed by atoms with Crippen LogP contribution in [0.3, 0.4) is 0 Å². The number of benzene rings is 2. The highest BCUT2D eigenvalue weighted by Gasteiger charge is 2.19. The molecule has 2 N–H and O–H groups in total. The molecule has 0 aliphatic carbocycles. The molecule has 2 aromatic carbocycles. The molecule has 0 saturated carbocycles. The Kier molecular flexibility index (Phi) is 4.15. The zero-order chi connectivity index (χ0) is 16.3. The van der Waals surface area contributed by atoms with Gasteiger partial charge in [0, 0.05) is 0 Å². The lowest BCUT2D eigenvalue weighted by atomic mass is 10.1. The third kappa shape index (κ3) is 3.24. The van der Waals surface area contributed by atoms with Crippen LogP contribution < -0.4 is 4.72 Å². The monoisotopic (exact) mass is 316 g/mol. The third-order valence-corrected chi connectivity index (χ3v) is 4.34. The number of rotatable bonds is 4. The van der Waals surface area contributed by atoms with E-state index in [0.29, 0.717) is 0 Å². The Morgan fingerprint density at radius 2 is 1.82 bits per heavy atom. The van der Waals surface area contributed by atoms with Crippen molar-refractivity contribution in [2.24, 2.45) is 0 Å². The Morgan fingerprint density at radius 3 is 2.36 bits per heavy atom. The van der Waals surface area contributed by atoms with E-state index in [9.17, 15) is 13.2 Å². The fourth-order valence-electron chi connectivity index (χ4n) is 1.81. The van der Waals surface area contributed by atoms with Crippen molar-refractivity contribution in [3.8, 4) is 6.07 Å². The molecule has 2 rings (SSSR count).